The van der Waals surface area contributed by atoms with Crippen molar-refractivity contribution in [3.05, 3.63) is 24.3 Å². The molecule has 0 bridgehead atoms. The number of esters is 1. The number of amides is 1. The molecule has 0 aliphatic rings. The number of carboxylic acid groups (broad SMARTS) is 1. The normalized spacial score (nSPS) is 12.9. The van der Waals surface area contributed by atoms with E-state index in [2.05, 4.69) is 43.5 Å². The van der Waals surface area contributed by atoms with Crippen LogP contribution in [-0.2, 0) is 19.1 Å². The van der Waals surface area contributed by atoms with E-state index in [1.165, 1.54) is 96.3 Å². The van der Waals surface area contributed by atoms with Gasteiger partial charge in [-0.3, -0.25) is 9.59 Å². The third-order valence-corrected chi connectivity index (χ3v) is 8.72. The van der Waals surface area contributed by atoms with Crippen molar-refractivity contribution in [1.82, 2.24) is 5.32 Å². The van der Waals surface area contributed by atoms with E-state index in [1.54, 1.807) is 0 Å². The van der Waals surface area contributed by atoms with Crippen molar-refractivity contribution in [3.63, 3.8) is 0 Å². The predicted molar refractivity (Wildman–Crippen MR) is 197 cm³/mol. The average Bonchev–Trinajstić information content (AvgIpc) is 3.05. The highest BCUT2D eigenvalue weighted by Crippen LogP contribution is 2.15. The lowest BCUT2D eigenvalue weighted by Gasteiger charge is -2.15. The van der Waals surface area contributed by atoms with Crippen LogP contribution in [0.15, 0.2) is 24.3 Å². The minimum atomic E-state index is -1.02. The number of aliphatic carboxylic acids is 1. The molecular formula is C40H74N2O5. The van der Waals surface area contributed by atoms with Crippen LogP contribution < -0.4 is 11.1 Å². The molecule has 0 spiro atoms. The van der Waals surface area contributed by atoms with Crippen LogP contribution in [0.2, 0.25) is 0 Å². The molecule has 4 N–H and O–H groups in total. The zero-order valence-corrected chi connectivity index (χ0v) is 30.6. The zero-order chi connectivity index (χ0) is 34.6. The second-order valence-corrected chi connectivity index (χ2v) is 13.3. The molecule has 0 aromatic heterocycles. The number of carboxylic acids is 1. The minimum Gasteiger partial charge on any atom is -0.480 e. The van der Waals surface area contributed by atoms with Gasteiger partial charge in [-0.05, 0) is 89.7 Å². The SMILES string of the molecule is CCCCCCC/C=C\C(CCCCCCC(=O)NC(CCCN)C(=O)O)OC(=O)CCCCCCC/C=C\CCCCCCCC. The molecule has 0 rings (SSSR count). The molecule has 0 aromatic rings. The molecule has 1 amide bonds. The molecule has 2 unspecified atom stereocenters. The summed E-state index contributed by atoms with van der Waals surface area (Å²) in [4.78, 5) is 36.2. The first-order chi connectivity index (χ1) is 22.9. The third-order valence-electron chi connectivity index (χ3n) is 8.72. The maximum Gasteiger partial charge on any atom is 0.326 e. The van der Waals surface area contributed by atoms with Crippen molar-refractivity contribution >= 4 is 17.8 Å². The van der Waals surface area contributed by atoms with Crippen LogP contribution in [0.5, 0.6) is 0 Å². The lowest BCUT2D eigenvalue weighted by atomic mass is 10.1. The molecule has 0 aliphatic heterocycles. The molecule has 0 radical (unpaired) electrons. The summed E-state index contributed by atoms with van der Waals surface area (Å²) in [5.41, 5.74) is 5.47. The zero-order valence-electron chi connectivity index (χ0n) is 30.6. The van der Waals surface area contributed by atoms with Gasteiger partial charge in [-0.1, -0.05) is 122 Å². The monoisotopic (exact) mass is 663 g/mol. The predicted octanol–water partition coefficient (Wildman–Crippen LogP) is 10.5. The first-order valence-electron chi connectivity index (χ1n) is 19.7. The summed E-state index contributed by atoms with van der Waals surface area (Å²) in [5, 5.41) is 11.9. The van der Waals surface area contributed by atoms with Crippen LogP contribution in [0.3, 0.4) is 0 Å². The van der Waals surface area contributed by atoms with Gasteiger partial charge in [0.25, 0.3) is 0 Å². The Morgan fingerprint density at radius 2 is 1.11 bits per heavy atom. The Labute approximate surface area is 289 Å². The van der Waals surface area contributed by atoms with Crippen molar-refractivity contribution in [2.24, 2.45) is 5.73 Å². The Hall–Kier alpha value is -2.15. The number of carbonyl (C=O) groups is 3. The Kier molecular flexibility index (Phi) is 33.6. The van der Waals surface area contributed by atoms with E-state index < -0.39 is 12.0 Å². The van der Waals surface area contributed by atoms with Crippen molar-refractivity contribution in [3.8, 4) is 0 Å². The second kappa shape index (κ2) is 35.2. The fourth-order valence-electron chi connectivity index (χ4n) is 5.71. The van der Waals surface area contributed by atoms with Crippen LogP contribution in [0.1, 0.15) is 194 Å². The number of rotatable bonds is 35. The third kappa shape index (κ3) is 32.2. The summed E-state index contributed by atoms with van der Waals surface area (Å²) >= 11 is 0. The molecule has 7 nitrogen and oxygen atoms in total. The Balaban J connectivity index is 4.26. The van der Waals surface area contributed by atoms with Gasteiger partial charge >= 0.3 is 11.9 Å². The first-order valence-corrected chi connectivity index (χ1v) is 19.7. The van der Waals surface area contributed by atoms with Crippen LogP contribution in [0.4, 0.5) is 0 Å². The number of allylic oxidation sites excluding steroid dienone is 3. The van der Waals surface area contributed by atoms with Gasteiger partial charge in [0.05, 0.1) is 0 Å². The van der Waals surface area contributed by atoms with Gasteiger partial charge in [0, 0.05) is 12.8 Å². The first kappa shape index (κ1) is 44.9. The van der Waals surface area contributed by atoms with Crippen LogP contribution in [0.25, 0.3) is 0 Å². The topological polar surface area (TPSA) is 119 Å². The molecule has 0 aliphatic carbocycles. The summed E-state index contributed by atoms with van der Waals surface area (Å²) < 4.78 is 5.89. The molecule has 0 saturated heterocycles. The van der Waals surface area contributed by atoms with E-state index in [1.807, 2.05) is 0 Å². The van der Waals surface area contributed by atoms with Gasteiger partial charge < -0.3 is 20.9 Å². The molecule has 0 fully saturated rings. The molecule has 0 aromatic carbocycles. The number of ether oxygens (including phenoxy) is 1. The van der Waals surface area contributed by atoms with E-state index in [0.29, 0.717) is 38.6 Å². The maximum absolute atomic E-state index is 12.6. The summed E-state index contributed by atoms with van der Waals surface area (Å²) in [6, 6.07) is -0.869. The number of hydrogen-bond acceptors (Lipinski definition) is 5. The lowest BCUT2D eigenvalue weighted by Crippen LogP contribution is -2.40. The molecule has 0 heterocycles. The van der Waals surface area contributed by atoms with Crippen LogP contribution in [0, 0.1) is 0 Å². The van der Waals surface area contributed by atoms with Gasteiger partial charge in [-0.2, -0.15) is 0 Å². The van der Waals surface area contributed by atoms with E-state index in [4.69, 9.17) is 10.5 Å². The van der Waals surface area contributed by atoms with Crippen LogP contribution >= 0.6 is 0 Å². The van der Waals surface area contributed by atoms with Crippen molar-refractivity contribution < 1.29 is 24.2 Å². The number of nitrogens with two attached hydrogens (primary N) is 1. The lowest BCUT2D eigenvalue weighted by molar-refractivity contribution is -0.147. The highest BCUT2D eigenvalue weighted by Gasteiger charge is 2.19. The number of nitrogens with one attached hydrogen (secondary N) is 1. The van der Waals surface area contributed by atoms with Crippen LogP contribution in [-0.4, -0.2) is 41.6 Å². The maximum atomic E-state index is 12.6. The fraction of sp³-hybridized carbons (Fsp3) is 0.825. The van der Waals surface area contributed by atoms with E-state index in [0.717, 1.165) is 51.4 Å². The van der Waals surface area contributed by atoms with E-state index >= 15 is 0 Å². The van der Waals surface area contributed by atoms with Gasteiger partial charge in [0.1, 0.15) is 12.1 Å². The molecule has 7 heteroatoms. The number of unbranched alkanes of at least 4 members (excludes halogenated alkanes) is 19. The van der Waals surface area contributed by atoms with Gasteiger partial charge in [0.15, 0.2) is 0 Å². The Morgan fingerprint density at radius 1 is 0.617 bits per heavy atom. The molecule has 0 saturated carbocycles. The summed E-state index contributed by atoms with van der Waals surface area (Å²) in [6.45, 7) is 4.89. The van der Waals surface area contributed by atoms with Gasteiger partial charge in [-0.25, -0.2) is 4.79 Å². The molecular weight excluding hydrogens is 588 g/mol. The second-order valence-electron chi connectivity index (χ2n) is 13.3. The van der Waals surface area contributed by atoms with Crippen molar-refractivity contribution in [1.29, 1.82) is 0 Å². The molecule has 274 valence electrons. The Morgan fingerprint density at radius 3 is 1.66 bits per heavy atom. The summed E-state index contributed by atoms with van der Waals surface area (Å²) in [6.07, 6.45) is 38.1. The van der Waals surface area contributed by atoms with E-state index in [9.17, 15) is 19.5 Å². The van der Waals surface area contributed by atoms with Crippen molar-refractivity contribution in [2.75, 3.05) is 6.54 Å². The quantitative estimate of drug-likeness (QED) is 0.0353. The minimum absolute atomic E-state index is 0.0977. The highest BCUT2D eigenvalue weighted by molar-refractivity contribution is 5.83. The standard InChI is InChI=1S/C40H74N2O5/c1-3-5-7-9-11-12-13-14-15-16-17-18-20-22-28-34-39(44)47-36(30-25-21-19-10-8-6-4-2)31-26-23-24-27-33-38(43)42-37(40(45)46)32-29-35-41/h14-15,25,30,36-37H,3-13,16-24,26-29,31-35,41H2,1-2H3,(H,42,43)(H,45,46)/b15-14-,30-25-. The van der Waals surface area contributed by atoms with E-state index in [-0.39, 0.29) is 18.0 Å². The molecule has 47 heavy (non-hydrogen) atoms. The van der Waals surface area contributed by atoms with Gasteiger partial charge in [0.2, 0.25) is 5.91 Å². The van der Waals surface area contributed by atoms with Crippen molar-refractivity contribution in [2.45, 2.75) is 206 Å². The summed E-state index contributed by atoms with van der Waals surface area (Å²) in [5.74, 6) is -1.34. The number of carbonyl (C=O) groups excluding carboxylic acids is 2. The summed E-state index contributed by atoms with van der Waals surface area (Å²) in [7, 11) is 0. The Bertz CT molecular complexity index is 797. The fourth-order valence-corrected chi connectivity index (χ4v) is 5.71. The number of hydrogen-bond donors (Lipinski definition) is 3. The van der Waals surface area contributed by atoms with Gasteiger partial charge in [-0.15, -0.1) is 0 Å². The average molecular weight is 663 g/mol. The largest absolute Gasteiger partial charge is 0.480 e. The molecule has 2 atom stereocenters. The smallest absolute Gasteiger partial charge is 0.326 e. The highest BCUT2D eigenvalue weighted by atomic mass is 16.5.